The third-order valence-electron chi connectivity index (χ3n) is 2.45. The van der Waals surface area contributed by atoms with Crippen LogP contribution in [0.15, 0.2) is 34.9 Å². The summed E-state index contributed by atoms with van der Waals surface area (Å²) >= 11 is 2.92. The average molecular weight is 358 g/mol. The summed E-state index contributed by atoms with van der Waals surface area (Å²) < 4.78 is 44.2. The highest BCUT2D eigenvalue weighted by molar-refractivity contribution is 9.10. The van der Waals surface area contributed by atoms with E-state index in [0.29, 0.717) is 5.69 Å². The van der Waals surface area contributed by atoms with E-state index in [1.807, 2.05) is 0 Å². The summed E-state index contributed by atoms with van der Waals surface area (Å²) in [5, 5.41) is 8.96. The summed E-state index contributed by atoms with van der Waals surface area (Å²) in [5.41, 5.74) is 4.79. The van der Waals surface area contributed by atoms with Gasteiger partial charge in [-0.1, -0.05) is 0 Å². The third kappa shape index (κ3) is 3.44. The van der Waals surface area contributed by atoms with Crippen LogP contribution in [0, 0.1) is 11.3 Å². The topological polar surface area (TPSA) is 71.9 Å². The first-order chi connectivity index (χ1) is 9.81. The minimum Gasteiger partial charge on any atom is -0.437 e. The van der Waals surface area contributed by atoms with Gasteiger partial charge in [0.15, 0.2) is 0 Å². The third-order valence-corrected chi connectivity index (χ3v) is 2.89. The standard InChI is InChI=1S/C13H7BrF3N3O/c14-8-4-10(13(15,16)17)12(20-6-8)21-11-2-1-9(19)3-7(11)5-18/h1-4,6H,19H2. The molecule has 0 aliphatic carbocycles. The van der Waals surface area contributed by atoms with Crippen molar-refractivity contribution in [2.75, 3.05) is 5.73 Å². The summed E-state index contributed by atoms with van der Waals surface area (Å²) in [4.78, 5) is 3.61. The normalized spacial score (nSPS) is 11.0. The molecule has 0 fully saturated rings. The van der Waals surface area contributed by atoms with Crippen LogP contribution >= 0.6 is 15.9 Å². The lowest BCUT2D eigenvalue weighted by Gasteiger charge is -2.13. The van der Waals surface area contributed by atoms with Gasteiger partial charge < -0.3 is 10.5 Å². The lowest BCUT2D eigenvalue weighted by Crippen LogP contribution is -2.08. The average Bonchev–Trinajstić information content (AvgIpc) is 2.41. The SMILES string of the molecule is N#Cc1cc(N)ccc1Oc1ncc(Br)cc1C(F)(F)F. The largest absolute Gasteiger partial charge is 0.437 e. The van der Waals surface area contributed by atoms with Crippen LogP contribution in [0.3, 0.4) is 0 Å². The number of alkyl halides is 3. The number of aromatic nitrogens is 1. The zero-order valence-electron chi connectivity index (χ0n) is 10.3. The van der Waals surface area contributed by atoms with Crippen molar-refractivity contribution >= 4 is 21.6 Å². The van der Waals surface area contributed by atoms with Crippen LogP contribution in [0.4, 0.5) is 18.9 Å². The van der Waals surface area contributed by atoms with Crippen LogP contribution in [-0.2, 0) is 6.18 Å². The van der Waals surface area contributed by atoms with Crippen LogP contribution in [0.25, 0.3) is 0 Å². The maximum Gasteiger partial charge on any atom is 0.421 e. The zero-order chi connectivity index (χ0) is 15.6. The molecule has 1 aromatic heterocycles. The second-order valence-electron chi connectivity index (χ2n) is 3.97. The summed E-state index contributed by atoms with van der Waals surface area (Å²) in [6, 6.07) is 6.70. The Labute approximate surface area is 126 Å². The fraction of sp³-hybridized carbons (Fsp3) is 0.0769. The Kier molecular flexibility index (Phi) is 4.04. The molecule has 0 spiro atoms. The second-order valence-corrected chi connectivity index (χ2v) is 4.89. The van der Waals surface area contributed by atoms with E-state index in [1.54, 1.807) is 6.07 Å². The monoisotopic (exact) mass is 357 g/mol. The fourth-order valence-corrected chi connectivity index (χ4v) is 1.87. The molecule has 0 aliphatic rings. The van der Waals surface area contributed by atoms with E-state index in [2.05, 4.69) is 20.9 Å². The first-order valence-electron chi connectivity index (χ1n) is 5.51. The lowest BCUT2D eigenvalue weighted by atomic mass is 10.2. The number of ether oxygens (including phenoxy) is 1. The van der Waals surface area contributed by atoms with Crippen molar-refractivity contribution in [1.82, 2.24) is 4.98 Å². The van der Waals surface area contributed by atoms with Gasteiger partial charge in [-0.15, -0.1) is 0 Å². The predicted octanol–water partition coefficient (Wildman–Crippen LogP) is 4.11. The molecule has 0 atom stereocenters. The molecule has 0 saturated carbocycles. The van der Waals surface area contributed by atoms with Crippen molar-refractivity contribution in [2.24, 2.45) is 0 Å². The zero-order valence-corrected chi connectivity index (χ0v) is 11.9. The molecule has 4 nitrogen and oxygen atoms in total. The minimum absolute atomic E-state index is 0.0212. The summed E-state index contributed by atoms with van der Waals surface area (Å²) in [6.07, 6.45) is -3.46. The molecule has 0 saturated heterocycles. The highest BCUT2D eigenvalue weighted by Crippen LogP contribution is 2.38. The number of nitrogens with zero attached hydrogens (tertiary/aromatic N) is 2. The molecule has 108 valence electrons. The van der Waals surface area contributed by atoms with Crippen molar-refractivity contribution in [3.8, 4) is 17.7 Å². The predicted molar refractivity (Wildman–Crippen MR) is 72.6 cm³/mol. The van der Waals surface area contributed by atoms with Gasteiger partial charge in [-0.05, 0) is 40.2 Å². The van der Waals surface area contributed by atoms with Gasteiger partial charge in [-0.25, -0.2) is 4.98 Å². The Hall–Kier alpha value is -2.27. The van der Waals surface area contributed by atoms with Gasteiger partial charge in [0.2, 0.25) is 5.88 Å². The molecule has 21 heavy (non-hydrogen) atoms. The van der Waals surface area contributed by atoms with E-state index in [4.69, 9.17) is 15.7 Å². The fourth-order valence-electron chi connectivity index (χ4n) is 1.54. The van der Waals surface area contributed by atoms with E-state index in [1.165, 1.54) is 24.4 Å². The molecule has 0 amide bonds. The molecular formula is C13H7BrF3N3O. The summed E-state index contributed by atoms with van der Waals surface area (Å²) in [7, 11) is 0. The highest BCUT2D eigenvalue weighted by atomic mass is 79.9. The first kappa shape index (κ1) is 15.1. The highest BCUT2D eigenvalue weighted by Gasteiger charge is 2.36. The van der Waals surface area contributed by atoms with Gasteiger partial charge in [0, 0.05) is 16.4 Å². The Morgan fingerprint density at radius 2 is 2.00 bits per heavy atom. The number of rotatable bonds is 2. The van der Waals surface area contributed by atoms with E-state index >= 15 is 0 Å². The van der Waals surface area contributed by atoms with Gasteiger partial charge in [0.25, 0.3) is 0 Å². The number of nitriles is 1. The molecule has 0 radical (unpaired) electrons. The number of halogens is 4. The minimum atomic E-state index is -4.63. The van der Waals surface area contributed by atoms with Crippen LogP contribution in [-0.4, -0.2) is 4.98 Å². The first-order valence-corrected chi connectivity index (χ1v) is 6.31. The maximum atomic E-state index is 13.0. The van der Waals surface area contributed by atoms with Gasteiger partial charge in [-0.2, -0.15) is 18.4 Å². The Morgan fingerprint density at radius 3 is 2.62 bits per heavy atom. The van der Waals surface area contributed by atoms with Crippen LogP contribution < -0.4 is 10.5 Å². The molecular weight excluding hydrogens is 351 g/mol. The second kappa shape index (κ2) is 5.61. The smallest absolute Gasteiger partial charge is 0.421 e. The Bertz CT molecular complexity index is 726. The molecule has 2 N–H and O–H groups in total. The van der Waals surface area contributed by atoms with E-state index in [-0.39, 0.29) is 15.8 Å². The number of hydrogen-bond donors (Lipinski definition) is 1. The van der Waals surface area contributed by atoms with Crippen LogP contribution in [0.2, 0.25) is 0 Å². The summed E-state index contributed by atoms with van der Waals surface area (Å²) in [6.45, 7) is 0. The van der Waals surface area contributed by atoms with Gasteiger partial charge in [-0.3, -0.25) is 0 Å². The van der Waals surface area contributed by atoms with Gasteiger partial charge >= 0.3 is 6.18 Å². The molecule has 2 aromatic rings. The molecule has 1 heterocycles. The number of nitrogen functional groups attached to an aromatic ring is 1. The Balaban J connectivity index is 2.48. The molecule has 0 bridgehead atoms. The van der Waals surface area contributed by atoms with Crippen molar-refractivity contribution in [3.63, 3.8) is 0 Å². The van der Waals surface area contributed by atoms with E-state index in [0.717, 1.165) is 6.07 Å². The number of pyridine rings is 1. The number of hydrogen-bond acceptors (Lipinski definition) is 4. The number of benzene rings is 1. The van der Waals surface area contributed by atoms with Crippen molar-refractivity contribution < 1.29 is 17.9 Å². The van der Waals surface area contributed by atoms with Crippen molar-refractivity contribution in [1.29, 1.82) is 5.26 Å². The van der Waals surface area contributed by atoms with Gasteiger partial charge in [0.1, 0.15) is 17.4 Å². The van der Waals surface area contributed by atoms with Crippen molar-refractivity contribution in [3.05, 3.63) is 46.1 Å². The number of nitrogens with two attached hydrogens (primary N) is 1. The molecule has 8 heteroatoms. The summed E-state index contributed by atoms with van der Waals surface area (Å²) in [5.74, 6) is -0.681. The van der Waals surface area contributed by atoms with Crippen molar-refractivity contribution in [2.45, 2.75) is 6.18 Å². The quantitative estimate of drug-likeness (QED) is 0.821. The lowest BCUT2D eigenvalue weighted by molar-refractivity contribution is -0.138. The maximum absolute atomic E-state index is 13.0. The molecule has 0 unspecified atom stereocenters. The van der Waals surface area contributed by atoms with Gasteiger partial charge in [0.05, 0.1) is 5.56 Å². The van der Waals surface area contributed by atoms with Crippen LogP contribution in [0.1, 0.15) is 11.1 Å². The van der Waals surface area contributed by atoms with E-state index < -0.39 is 17.6 Å². The van der Waals surface area contributed by atoms with E-state index in [9.17, 15) is 13.2 Å². The number of anilines is 1. The van der Waals surface area contributed by atoms with Crippen LogP contribution in [0.5, 0.6) is 11.6 Å². The molecule has 2 rings (SSSR count). The molecule has 1 aromatic carbocycles. The molecule has 0 aliphatic heterocycles. The Morgan fingerprint density at radius 1 is 1.29 bits per heavy atom.